The van der Waals surface area contributed by atoms with Crippen molar-refractivity contribution >= 4 is 5.69 Å². The summed E-state index contributed by atoms with van der Waals surface area (Å²) in [6, 6.07) is 6.32. The van der Waals surface area contributed by atoms with Crippen LogP contribution in [0, 0.1) is 10.1 Å². The number of tetrazole rings is 1. The molecule has 1 aromatic carbocycles. The maximum Gasteiger partial charge on any atom is 0.271 e. The second kappa shape index (κ2) is 6.16. The first kappa shape index (κ1) is 14.5. The van der Waals surface area contributed by atoms with E-state index in [0.29, 0.717) is 18.1 Å². The van der Waals surface area contributed by atoms with Crippen LogP contribution in [0.2, 0.25) is 0 Å². The van der Waals surface area contributed by atoms with E-state index in [0.717, 1.165) is 26.2 Å². The zero-order chi connectivity index (χ0) is 15.5. The fourth-order valence-corrected chi connectivity index (χ4v) is 2.45. The summed E-state index contributed by atoms with van der Waals surface area (Å²) in [4.78, 5) is 15.0. The largest absolute Gasteiger partial charge is 0.304 e. The minimum absolute atomic E-state index is 0.0264. The van der Waals surface area contributed by atoms with Crippen molar-refractivity contribution in [2.24, 2.45) is 0 Å². The van der Waals surface area contributed by atoms with E-state index in [1.807, 2.05) is 0 Å². The lowest BCUT2D eigenvalue weighted by atomic mass is 10.3. The molecular weight excluding hydrogens is 286 g/mol. The number of nitro benzene ring substituents is 1. The van der Waals surface area contributed by atoms with Gasteiger partial charge in [0, 0.05) is 38.3 Å². The quantitative estimate of drug-likeness (QED) is 0.593. The Balaban J connectivity index is 1.80. The Morgan fingerprint density at radius 1 is 1.27 bits per heavy atom. The summed E-state index contributed by atoms with van der Waals surface area (Å²) in [5.74, 6) is 0.685. The number of rotatable bonds is 4. The van der Waals surface area contributed by atoms with Crippen molar-refractivity contribution in [1.29, 1.82) is 0 Å². The molecule has 1 aliphatic rings. The van der Waals surface area contributed by atoms with E-state index in [1.165, 1.54) is 12.1 Å². The van der Waals surface area contributed by atoms with Crippen LogP contribution in [0.25, 0.3) is 5.69 Å². The highest BCUT2D eigenvalue weighted by atomic mass is 16.6. The van der Waals surface area contributed by atoms with Gasteiger partial charge in [-0.3, -0.25) is 15.0 Å². The zero-order valence-corrected chi connectivity index (χ0v) is 12.3. The summed E-state index contributed by atoms with van der Waals surface area (Å²) >= 11 is 0. The van der Waals surface area contributed by atoms with Crippen molar-refractivity contribution in [2.75, 3.05) is 33.2 Å². The molecule has 9 heteroatoms. The third-order valence-electron chi connectivity index (χ3n) is 3.78. The Morgan fingerprint density at radius 3 is 2.77 bits per heavy atom. The van der Waals surface area contributed by atoms with Crippen LogP contribution < -0.4 is 0 Å². The molecule has 3 rings (SSSR count). The van der Waals surface area contributed by atoms with Crippen molar-refractivity contribution in [3.8, 4) is 5.69 Å². The molecule has 0 bridgehead atoms. The number of hydrogen-bond acceptors (Lipinski definition) is 7. The predicted molar refractivity (Wildman–Crippen MR) is 78.6 cm³/mol. The molecule has 2 heterocycles. The molecular formula is C13H17N7O2. The molecule has 9 nitrogen and oxygen atoms in total. The summed E-state index contributed by atoms with van der Waals surface area (Å²) in [6.45, 7) is 4.57. The van der Waals surface area contributed by atoms with Crippen LogP contribution in [-0.2, 0) is 6.54 Å². The maximum absolute atomic E-state index is 10.9. The van der Waals surface area contributed by atoms with E-state index in [4.69, 9.17) is 0 Å². The molecule has 0 atom stereocenters. The first-order valence-corrected chi connectivity index (χ1v) is 7.06. The smallest absolute Gasteiger partial charge is 0.271 e. The second-order valence-corrected chi connectivity index (χ2v) is 5.36. The Kier molecular flexibility index (Phi) is 4.07. The number of non-ortho nitro benzene ring substituents is 1. The fourth-order valence-electron chi connectivity index (χ4n) is 2.45. The Bertz CT molecular complexity index is 664. The van der Waals surface area contributed by atoms with Crippen LogP contribution in [0.4, 0.5) is 5.69 Å². The Labute approximate surface area is 127 Å². The van der Waals surface area contributed by atoms with Crippen LogP contribution in [0.5, 0.6) is 0 Å². The van der Waals surface area contributed by atoms with Gasteiger partial charge in [0.15, 0.2) is 5.82 Å². The average Bonchev–Trinajstić information content (AvgIpc) is 2.98. The van der Waals surface area contributed by atoms with Gasteiger partial charge >= 0.3 is 0 Å². The van der Waals surface area contributed by atoms with Gasteiger partial charge in [0.05, 0.1) is 17.2 Å². The maximum atomic E-state index is 10.9. The van der Waals surface area contributed by atoms with Crippen molar-refractivity contribution < 1.29 is 4.92 Å². The van der Waals surface area contributed by atoms with E-state index in [-0.39, 0.29) is 5.69 Å². The lowest BCUT2D eigenvalue weighted by molar-refractivity contribution is -0.384. The van der Waals surface area contributed by atoms with E-state index in [9.17, 15) is 10.1 Å². The minimum Gasteiger partial charge on any atom is -0.304 e. The first-order valence-electron chi connectivity index (χ1n) is 7.06. The van der Waals surface area contributed by atoms with Crippen LogP contribution >= 0.6 is 0 Å². The van der Waals surface area contributed by atoms with Crippen molar-refractivity contribution in [2.45, 2.75) is 6.54 Å². The van der Waals surface area contributed by atoms with Gasteiger partial charge in [0.2, 0.25) is 0 Å². The Hall–Kier alpha value is -2.39. The zero-order valence-electron chi connectivity index (χ0n) is 12.3. The highest BCUT2D eigenvalue weighted by Gasteiger charge is 2.18. The molecule has 0 radical (unpaired) electrons. The van der Waals surface area contributed by atoms with Gasteiger partial charge in [0.25, 0.3) is 5.69 Å². The Morgan fingerprint density at radius 2 is 2.05 bits per heavy atom. The molecule has 0 spiro atoms. The number of hydrogen-bond donors (Lipinski definition) is 0. The van der Waals surface area contributed by atoms with E-state index >= 15 is 0 Å². The normalized spacial score (nSPS) is 16.8. The first-order chi connectivity index (χ1) is 10.6. The average molecular weight is 303 g/mol. The summed E-state index contributed by atoms with van der Waals surface area (Å²) in [6.07, 6.45) is 0. The molecule has 0 unspecified atom stereocenters. The summed E-state index contributed by atoms with van der Waals surface area (Å²) < 4.78 is 1.56. The van der Waals surface area contributed by atoms with Gasteiger partial charge in [-0.2, -0.15) is 4.68 Å². The molecule has 1 saturated heterocycles. The van der Waals surface area contributed by atoms with Crippen molar-refractivity contribution in [3.63, 3.8) is 0 Å². The molecule has 22 heavy (non-hydrogen) atoms. The predicted octanol–water partition coefficient (Wildman–Crippen LogP) is 0.318. The topological polar surface area (TPSA) is 93.2 Å². The number of piperazine rings is 1. The van der Waals surface area contributed by atoms with Crippen molar-refractivity contribution in [1.82, 2.24) is 30.0 Å². The van der Waals surface area contributed by atoms with E-state index < -0.39 is 4.92 Å². The van der Waals surface area contributed by atoms with Gasteiger partial charge in [-0.15, -0.1) is 5.10 Å². The van der Waals surface area contributed by atoms with Crippen LogP contribution in [0.3, 0.4) is 0 Å². The second-order valence-electron chi connectivity index (χ2n) is 5.36. The number of aromatic nitrogens is 4. The lowest BCUT2D eigenvalue weighted by Gasteiger charge is -2.31. The monoisotopic (exact) mass is 303 g/mol. The number of benzene rings is 1. The fraction of sp³-hybridized carbons (Fsp3) is 0.462. The summed E-state index contributed by atoms with van der Waals surface area (Å²) in [7, 11) is 2.10. The van der Waals surface area contributed by atoms with Crippen LogP contribution in [0.15, 0.2) is 24.3 Å². The molecule has 0 N–H and O–H groups in total. The number of nitro groups is 1. The minimum atomic E-state index is -0.423. The molecule has 1 aliphatic heterocycles. The third-order valence-corrected chi connectivity index (χ3v) is 3.78. The van der Waals surface area contributed by atoms with Crippen LogP contribution in [0.1, 0.15) is 5.82 Å². The van der Waals surface area contributed by atoms with E-state index in [2.05, 4.69) is 32.4 Å². The van der Waals surface area contributed by atoms with E-state index in [1.54, 1.807) is 16.8 Å². The van der Waals surface area contributed by atoms with Gasteiger partial charge in [-0.1, -0.05) is 6.07 Å². The lowest BCUT2D eigenvalue weighted by Crippen LogP contribution is -2.44. The van der Waals surface area contributed by atoms with Crippen molar-refractivity contribution in [3.05, 3.63) is 40.2 Å². The van der Waals surface area contributed by atoms with Crippen LogP contribution in [-0.4, -0.2) is 68.2 Å². The standard InChI is InChI=1S/C13H17N7O2/c1-17-5-7-18(8-6-17)10-13-14-15-16-19(13)11-3-2-4-12(9-11)20(21)22/h2-4,9H,5-8,10H2,1H3. The highest BCUT2D eigenvalue weighted by Crippen LogP contribution is 2.17. The summed E-state index contributed by atoms with van der Waals surface area (Å²) in [5.41, 5.74) is 0.627. The molecule has 2 aromatic rings. The summed E-state index contributed by atoms with van der Waals surface area (Å²) in [5, 5.41) is 22.6. The van der Waals surface area contributed by atoms with Gasteiger partial charge in [0.1, 0.15) is 0 Å². The number of nitrogens with zero attached hydrogens (tertiary/aromatic N) is 7. The molecule has 116 valence electrons. The van der Waals surface area contributed by atoms with Gasteiger partial charge in [-0.25, -0.2) is 0 Å². The molecule has 0 aliphatic carbocycles. The SMILES string of the molecule is CN1CCN(Cc2nnnn2-c2cccc([N+](=O)[O-])c2)CC1. The molecule has 1 aromatic heterocycles. The molecule has 1 fully saturated rings. The van der Waals surface area contributed by atoms with Gasteiger partial charge in [-0.05, 0) is 23.5 Å². The third kappa shape index (κ3) is 3.10. The highest BCUT2D eigenvalue weighted by molar-refractivity contribution is 5.42. The molecule has 0 saturated carbocycles. The van der Waals surface area contributed by atoms with Gasteiger partial charge < -0.3 is 4.90 Å². The number of likely N-dealkylation sites (N-methyl/N-ethyl adjacent to an activating group) is 1. The molecule has 0 amide bonds.